The van der Waals surface area contributed by atoms with Crippen LogP contribution in [0.2, 0.25) is 0 Å². The summed E-state index contributed by atoms with van der Waals surface area (Å²) < 4.78 is 0. The van der Waals surface area contributed by atoms with Crippen molar-refractivity contribution in [1.29, 1.82) is 0 Å². The highest BCUT2D eigenvalue weighted by Crippen LogP contribution is 2.23. The summed E-state index contributed by atoms with van der Waals surface area (Å²) in [6, 6.07) is 4.18. The van der Waals surface area contributed by atoms with Crippen molar-refractivity contribution in [3.05, 3.63) is 28.8 Å². The van der Waals surface area contributed by atoms with E-state index in [1.807, 2.05) is 6.92 Å². The molecular formula is C18H28N2O. The zero-order chi connectivity index (χ0) is 15.6. The average Bonchev–Trinajstić information content (AvgIpc) is 2.41. The Kier molecular flexibility index (Phi) is 5.04. The number of carbonyl (C=O) groups is 1. The van der Waals surface area contributed by atoms with Gasteiger partial charge in [-0.25, -0.2) is 0 Å². The van der Waals surface area contributed by atoms with Crippen molar-refractivity contribution < 1.29 is 4.79 Å². The van der Waals surface area contributed by atoms with Crippen molar-refractivity contribution in [1.82, 2.24) is 4.90 Å². The summed E-state index contributed by atoms with van der Waals surface area (Å²) in [7, 11) is 0. The number of aryl methyl sites for hydroxylation is 3. The van der Waals surface area contributed by atoms with Gasteiger partial charge in [-0.3, -0.25) is 9.69 Å². The van der Waals surface area contributed by atoms with Crippen LogP contribution >= 0.6 is 0 Å². The molecule has 0 unspecified atom stereocenters. The van der Waals surface area contributed by atoms with Crippen molar-refractivity contribution in [2.24, 2.45) is 5.92 Å². The number of anilines is 1. The predicted octanol–water partition coefficient (Wildman–Crippen LogP) is 3.67. The van der Waals surface area contributed by atoms with Crippen LogP contribution in [0, 0.1) is 26.7 Å². The normalized spacial score (nSPS) is 21.1. The Morgan fingerprint density at radius 1 is 1.29 bits per heavy atom. The molecule has 1 fully saturated rings. The second-order valence-electron chi connectivity index (χ2n) is 6.68. The van der Waals surface area contributed by atoms with Gasteiger partial charge in [0.1, 0.15) is 0 Å². The second kappa shape index (κ2) is 6.61. The SMILES string of the molecule is Cc1cc(C)c(NC(=O)[C@H](C)N2CCC[C@H](C)C2)c(C)c1. The number of hydrogen-bond donors (Lipinski definition) is 1. The average molecular weight is 288 g/mol. The van der Waals surface area contributed by atoms with Gasteiger partial charge in [-0.2, -0.15) is 0 Å². The molecule has 1 N–H and O–H groups in total. The molecule has 0 spiro atoms. The first-order valence-electron chi connectivity index (χ1n) is 8.01. The molecule has 0 radical (unpaired) electrons. The minimum absolute atomic E-state index is 0.0622. The van der Waals surface area contributed by atoms with E-state index in [2.05, 4.69) is 50.0 Å². The molecule has 0 aliphatic carbocycles. The number of carbonyl (C=O) groups excluding carboxylic acids is 1. The maximum Gasteiger partial charge on any atom is 0.241 e. The topological polar surface area (TPSA) is 32.3 Å². The van der Waals surface area contributed by atoms with Crippen LogP contribution in [-0.2, 0) is 4.79 Å². The Balaban J connectivity index is 2.07. The van der Waals surface area contributed by atoms with Crippen LogP contribution in [0.3, 0.4) is 0 Å². The summed E-state index contributed by atoms with van der Waals surface area (Å²) in [5.41, 5.74) is 4.49. The van der Waals surface area contributed by atoms with Gasteiger partial charge in [-0.05, 0) is 64.1 Å². The lowest BCUT2D eigenvalue weighted by molar-refractivity contribution is -0.121. The van der Waals surface area contributed by atoms with Crippen LogP contribution < -0.4 is 5.32 Å². The molecule has 1 amide bonds. The molecule has 21 heavy (non-hydrogen) atoms. The fraction of sp³-hybridized carbons (Fsp3) is 0.611. The summed E-state index contributed by atoms with van der Waals surface area (Å²) >= 11 is 0. The fourth-order valence-electron chi connectivity index (χ4n) is 3.35. The number of amides is 1. The highest BCUT2D eigenvalue weighted by Gasteiger charge is 2.26. The zero-order valence-corrected chi connectivity index (χ0v) is 14.0. The molecule has 0 saturated carbocycles. The summed E-state index contributed by atoms with van der Waals surface area (Å²) in [5, 5.41) is 3.14. The van der Waals surface area contributed by atoms with Gasteiger partial charge in [0.25, 0.3) is 0 Å². The number of rotatable bonds is 3. The Labute approximate surface area is 128 Å². The van der Waals surface area contributed by atoms with E-state index in [9.17, 15) is 4.79 Å². The van der Waals surface area contributed by atoms with Gasteiger partial charge in [0.05, 0.1) is 6.04 Å². The van der Waals surface area contributed by atoms with Gasteiger partial charge in [0, 0.05) is 12.2 Å². The Hall–Kier alpha value is -1.35. The first-order valence-corrected chi connectivity index (χ1v) is 8.01. The van der Waals surface area contributed by atoms with E-state index in [4.69, 9.17) is 0 Å². The van der Waals surface area contributed by atoms with Crippen LogP contribution in [0.25, 0.3) is 0 Å². The van der Waals surface area contributed by atoms with Crippen LogP contribution in [0.15, 0.2) is 12.1 Å². The van der Waals surface area contributed by atoms with Gasteiger partial charge in [-0.15, -0.1) is 0 Å². The third kappa shape index (κ3) is 3.85. The van der Waals surface area contributed by atoms with Crippen molar-refractivity contribution in [3.8, 4) is 0 Å². The zero-order valence-electron chi connectivity index (χ0n) is 14.0. The number of hydrogen-bond acceptors (Lipinski definition) is 2. The van der Waals surface area contributed by atoms with E-state index in [-0.39, 0.29) is 11.9 Å². The third-order valence-electron chi connectivity index (χ3n) is 4.54. The fourth-order valence-corrected chi connectivity index (χ4v) is 3.35. The highest BCUT2D eigenvalue weighted by molar-refractivity contribution is 5.96. The second-order valence-corrected chi connectivity index (χ2v) is 6.68. The number of piperidine rings is 1. The van der Waals surface area contributed by atoms with Crippen molar-refractivity contribution >= 4 is 11.6 Å². The van der Waals surface area contributed by atoms with Gasteiger partial charge < -0.3 is 5.32 Å². The molecule has 1 saturated heterocycles. The lowest BCUT2D eigenvalue weighted by Crippen LogP contribution is -2.46. The predicted molar refractivity (Wildman–Crippen MR) is 88.7 cm³/mol. The van der Waals surface area contributed by atoms with E-state index in [1.54, 1.807) is 0 Å². The number of likely N-dealkylation sites (tertiary alicyclic amines) is 1. The van der Waals surface area contributed by atoms with Crippen molar-refractivity contribution in [3.63, 3.8) is 0 Å². The summed E-state index contributed by atoms with van der Waals surface area (Å²) in [5.74, 6) is 0.802. The van der Waals surface area contributed by atoms with E-state index in [0.29, 0.717) is 5.92 Å². The molecule has 0 bridgehead atoms. The van der Waals surface area contributed by atoms with Crippen LogP contribution in [0.4, 0.5) is 5.69 Å². The van der Waals surface area contributed by atoms with Crippen LogP contribution in [0.1, 0.15) is 43.4 Å². The number of nitrogens with one attached hydrogen (secondary N) is 1. The minimum Gasteiger partial charge on any atom is -0.324 e. The first kappa shape index (κ1) is 16.0. The van der Waals surface area contributed by atoms with Crippen LogP contribution in [-0.4, -0.2) is 29.9 Å². The molecule has 1 aliphatic rings. The molecule has 3 heteroatoms. The quantitative estimate of drug-likeness (QED) is 0.920. The lowest BCUT2D eigenvalue weighted by atomic mass is 9.98. The monoisotopic (exact) mass is 288 g/mol. The van der Waals surface area contributed by atoms with Crippen molar-refractivity contribution in [2.75, 3.05) is 18.4 Å². The largest absolute Gasteiger partial charge is 0.324 e. The van der Waals surface area contributed by atoms with Gasteiger partial charge >= 0.3 is 0 Å². The van der Waals surface area contributed by atoms with E-state index in [0.717, 1.165) is 29.9 Å². The molecule has 3 nitrogen and oxygen atoms in total. The highest BCUT2D eigenvalue weighted by atomic mass is 16.2. The standard InChI is InChI=1S/C18H28N2O/c1-12-7-6-8-20(11-12)16(5)18(21)19-17-14(3)9-13(2)10-15(17)4/h9-10,12,16H,6-8,11H2,1-5H3,(H,19,21)/t12-,16-/m0/s1. The third-order valence-corrected chi connectivity index (χ3v) is 4.54. The lowest BCUT2D eigenvalue weighted by Gasteiger charge is -2.34. The molecule has 1 aromatic rings. The summed E-state index contributed by atoms with van der Waals surface area (Å²) in [6.07, 6.45) is 2.47. The van der Waals surface area contributed by atoms with Crippen LogP contribution in [0.5, 0.6) is 0 Å². The Bertz CT molecular complexity index is 501. The first-order chi connectivity index (χ1) is 9.88. The van der Waals surface area contributed by atoms with Gasteiger partial charge in [0.15, 0.2) is 0 Å². The molecule has 1 aliphatic heterocycles. The minimum atomic E-state index is -0.0622. The molecular weight excluding hydrogens is 260 g/mol. The molecule has 2 rings (SSSR count). The van der Waals surface area contributed by atoms with E-state index in [1.165, 1.54) is 18.4 Å². The van der Waals surface area contributed by atoms with E-state index < -0.39 is 0 Å². The molecule has 1 aromatic carbocycles. The number of benzene rings is 1. The maximum atomic E-state index is 12.6. The molecule has 116 valence electrons. The van der Waals surface area contributed by atoms with Crippen molar-refractivity contribution in [2.45, 2.75) is 53.5 Å². The van der Waals surface area contributed by atoms with Gasteiger partial charge in [-0.1, -0.05) is 24.6 Å². The molecule has 1 heterocycles. The molecule has 2 atom stereocenters. The molecule has 0 aromatic heterocycles. The smallest absolute Gasteiger partial charge is 0.241 e. The number of nitrogens with zero attached hydrogens (tertiary/aromatic N) is 1. The van der Waals surface area contributed by atoms with Gasteiger partial charge in [0.2, 0.25) is 5.91 Å². The summed E-state index contributed by atoms with van der Waals surface area (Å²) in [4.78, 5) is 14.9. The summed E-state index contributed by atoms with van der Waals surface area (Å²) in [6.45, 7) is 12.6. The Morgan fingerprint density at radius 2 is 1.90 bits per heavy atom. The Morgan fingerprint density at radius 3 is 2.48 bits per heavy atom. The maximum absolute atomic E-state index is 12.6. The van der Waals surface area contributed by atoms with E-state index >= 15 is 0 Å².